The van der Waals surface area contributed by atoms with E-state index < -0.39 is 48.2 Å². The van der Waals surface area contributed by atoms with Crippen LogP contribution in [-0.4, -0.2) is 49.2 Å². The molecule has 4 N–H and O–H groups in total. The minimum atomic E-state index is -1.46. The van der Waals surface area contributed by atoms with Crippen molar-refractivity contribution < 1.29 is 24.9 Å². The van der Waals surface area contributed by atoms with Crippen molar-refractivity contribution in [3.05, 3.63) is 33.1 Å². The third kappa shape index (κ3) is 2.57. The molecular weight excluding hydrogens is 260 g/mol. The first-order chi connectivity index (χ1) is 8.90. The zero-order chi connectivity index (χ0) is 14.2. The van der Waals surface area contributed by atoms with Gasteiger partial charge in [-0.1, -0.05) is 0 Å². The Kier molecular flexibility index (Phi) is 3.51. The molecule has 0 radical (unpaired) electrons. The van der Waals surface area contributed by atoms with Gasteiger partial charge in [0.1, 0.15) is 12.2 Å². The number of aromatic amines is 1. The molecule has 2 rings (SSSR count). The van der Waals surface area contributed by atoms with Crippen molar-refractivity contribution >= 4 is 5.97 Å². The summed E-state index contributed by atoms with van der Waals surface area (Å²) in [5.74, 6) is -1.20. The molecule has 104 valence electrons. The second-order valence-electron chi connectivity index (χ2n) is 4.16. The van der Waals surface area contributed by atoms with Crippen LogP contribution < -0.4 is 11.2 Å². The molecule has 0 spiro atoms. The van der Waals surface area contributed by atoms with Crippen LogP contribution in [0.1, 0.15) is 12.6 Å². The Morgan fingerprint density at radius 3 is 2.63 bits per heavy atom. The lowest BCUT2D eigenvalue weighted by Crippen LogP contribution is -2.37. The lowest BCUT2D eigenvalue weighted by atomic mass is 10.1. The molecule has 4 atom stereocenters. The van der Waals surface area contributed by atoms with Crippen LogP contribution in [0.4, 0.5) is 0 Å². The first-order valence-corrected chi connectivity index (χ1v) is 5.45. The lowest BCUT2D eigenvalue weighted by Gasteiger charge is -2.16. The second kappa shape index (κ2) is 4.96. The van der Waals surface area contributed by atoms with E-state index >= 15 is 0 Å². The number of carboxylic acids is 1. The van der Waals surface area contributed by atoms with Gasteiger partial charge in [-0.3, -0.25) is 19.1 Å². The highest BCUT2D eigenvalue weighted by molar-refractivity contribution is 5.67. The standard InChI is InChI=1S/C10H12N2O7/c13-5-1-2-12(10(18)11-5)9-8(17)7(16)4(19-9)3-6(14)15/h1-2,4,7-9,16-17H,3H2,(H,14,15)(H,11,13,18)/t4-,7-,8-,9-/m1/s1. The number of carbonyl (C=O) groups is 1. The van der Waals surface area contributed by atoms with Crippen LogP contribution in [0.25, 0.3) is 0 Å². The zero-order valence-electron chi connectivity index (χ0n) is 9.59. The van der Waals surface area contributed by atoms with E-state index in [1.165, 1.54) is 0 Å². The fourth-order valence-electron chi connectivity index (χ4n) is 1.93. The molecule has 2 heterocycles. The van der Waals surface area contributed by atoms with Crippen LogP contribution in [0.5, 0.6) is 0 Å². The van der Waals surface area contributed by atoms with E-state index in [1.807, 2.05) is 4.98 Å². The van der Waals surface area contributed by atoms with Crippen molar-refractivity contribution in [2.45, 2.75) is 31.0 Å². The molecule has 1 aromatic rings. The minimum Gasteiger partial charge on any atom is -0.481 e. The van der Waals surface area contributed by atoms with Crippen molar-refractivity contribution in [3.8, 4) is 0 Å². The van der Waals surface area contributed by atoms with Crippen LogP contribution in [0.15, 0.2) is 21.9 Å². The topological polar surface area (TPSA) is 142 Å². The Morgan fingerprint density at radius 1 is 1.37 bits per heavy atom. The number of H-pyrrole nitrogens is 1. The number of aliphatic carboxylic acids is 1. The molecule has 0 aliphatic carbocycles. The molecule has 0 saturated carbocycles. The van der Waals surface area contributed by atoms with Gasteiger partial charge in [-0.15, -0.1) is 0 Å². The Labute approximate surface area is 105 Å². The van der Waals surface area contributed by atoms with E-state index in [-0.39, 0.29) is 0 Å². The fourth-order valence-corrected chi connectivity index (χ4v) is 1.93. The van der Waals surface area contributed by atoms with Crippen molar-refractivity contribution in [1.82, 2.24) is 9.55 Å². The van der Waals surface area contributed by atoms with Gasteiger partial charge in [-0.25, -0.2) is 4.79 Å². The summed E-state index contributed by atoms with van der Waals surface area (Å²) in [7, 11) is 0. The van der Waals surface area contributed by atoms with Gasteiger partial charge in [-0.2, -0.15) is 0 Å². The number of nitrogens with zero attached hydrogens (tertiary/aromatic N) is 1. The van der Waals surface area contributed by atoms with E-state index in [0.717, 1.165) is 16.8 Å². The van der Waals surface area contributed by atoms with Crippen molar-refractivity contribution in [1.29, 1.82) is 0 Å². The normalized spacial score (nSPS) is 30.4. The number of hydrogen-bond donors (Lipinski definition) is 4. The maximum absolute atomic E-state index is 11.5. The summed E-state index contributed by atoms with van der Waals surface area (Å²) in [5, 5.41) is 28.1. The largest absolute Gasteiger partial charge is 0.481 e. The summed E-state index contributed by atoms with van der Waals surface area (Å²) in [4.78, 5) is 35.0. The molecule has 0 unspecified atom stereocenters. The maximum atomic E-state index is 11.5. The maximum Gasteiger partial charge on any atom is 0.330 e. The van der Waals surface area contributed by atoms with E-state index in [2.05, 4.69) is 0 Å². The zero-order valence-corrected chi connectivity index (χ0v) is 9.59. The molecule has 1 saturated heterocycles. The molecule has 1 aromatic heterocycles. The number of rotatable bonds is 3. The molecule has 9 nitrogen and oxygen atoms in total. The van der Waals surface area contributed by atoms with Gasteiger partial charge in [0.15, 0.2) is 6.23 Å². The fraction of sp³-hybridized carbons (Fsp3) is 0.500. The number of hydrogen-bond acceptors (Lipinski definition) is 6. The quantitative estimate of drug-likeness (QED) is 0.481. The SMILES string of the molecule is O=C(O)C[C@H]1O[C@@H](n2ccc(=O)[nH]c2=O)[C@H](O)[C@@H]1O. The molecule has 1 aliphatic heterocycles. The van der Waals surface area contributed by atoms with Gasteiger partial charge >= 0.3 is 11.7 Å². The number of carboxylic acid groups (broad SMARTS) is 1. The van der Waals surface area contributed by atoms with Crippen molar-refractivity contribution in [2.24, 2.45) is 0 Å². The van der Waals surface area contributed by atoms with Crippen molar-refractivity contribution in [3.63, 3.8) is 0 Å². The van der Waals surface area contributed by atoms with Gasteiger partial charge < -0.3 is 20.1 Å². The molecule has 0 amide bonds. The third-order valence-electron chi connectivity index (χ3n) is 2.84. The van der Waals surface area contributed by atoms with Crippen LogP contribution in [0, 0.1) is 0 Å². The summed E-state index contributed by atoms with van der Waals surface area (Å²) >= 11 is 0. The Hall–Kier alpha value is -1.97. The monoisotopic (exact) mass is 272 g/mol. The summed E-state index contributed by atoms with van der Waals surface area (Å²) in [6.07, 6.45) is -4.68. The molecular formula is C10H12N2O7. The molecule has 1 aliphatic rings. The second-order valence-corrected chi connectivity index (χ2v) is 4.16. The number of aromatic nitrogens is 2. The third-order valence-corrected chi connectivity index (χ3v) is 2.84. The molecule has 0 aromatic carbocycles. The Morgan fingerprint density at radius 2 is 2.05 bits per heavy atom. The van der Waals surface area contributed by atoms with E-state index in [4.69, 9.17) is 9.84 Å². The van der Waals surface area contributed by atoms with Gasteiger partial charge in [0.05, 0.1) is 12.5 Å². The van der Waals surface area contributed by atoms with Gasteiger partial charge in [0.2, 0.25) is 0 Å². The predicted octanol–water partition coefficient (Wildman–Crippen LogP) is -2.37. The highest BCUT2D eigenvalue weighted by Gasteiger charge is 2.44. The molecule has 1 fully saturated rings. The Balaban J connectivity index is 2.28. The van der Waals surface area contributed by atoms with Crippen LogP contribution >= 0.6 is 0 Å². The smallest absolute Gasteiger partial charge is 0.330 e. The summed E-state index contributed by atoms with van der Waals surface area (Å²) in [6.45, 7) is 0. The Bertz CT molecular complexity index is 592. The number of aliphatic hydroxyl groups is 2. The van der Waals surface area contributed by atoms with Gasteiger partial charge in [0, 0.05) is 12.3 Å². The highest BCUT2D eigenvalue weighted by atomic mass is 16.6. The first-order valence-electron chi connectivity index (χ1n) is 5.45. The lowest BCUT2D eigenvalue weighted by molar-refractivity contribution is -0.142. The van der Waals surface area contributed by atoms with Gasteiger partial charge in [-0.05, 0) is 0 Å². The number of nitrogens with one attached hydrogen (secondary N) is 1. The molecule has 19 heavy (non-hydrogen) atoms. The van der Waals surface area contributed by atoms with E-state index in [1.54, 1.807) is 0 Å². The number of aliphatic hydroxyl groups excluding tert-OH is 2. The molecule has 9 heteroatoms. The van der Waals surface area contributed by atoms with Crippen LogP contribution in [0.2, 0.25) is 0 Å². The summed E-state index contributed by atoms with van der Waals surface area (Å²) < 4.78 is 6.05. The molecule has 0 bridgehead atoms. The average Bonchev–Trinajstić information content (AvgIpc) is 2.57. The first kappa shape index (κ1) is 13.5. The van der Waals surface area contributed by atoms with Crippen molar-refractivity contribution in [2.75, 3.05) is 0 Å². The van der Waals surface area contributed by atoms with E-state index in [9.17, 15) is 24.6 Å². The van der Waals surface area contributed by atoms with E-state index in [0.29, 0.717) is 0 Å². The summed E-state index contributed by atoms with van der Waals surface area (Å²) in [5.41, 5.74) is -1.43. The predicted molar refractivity (Wildman–Crippen MR) is 59.5 cm³/mol. The highest BCUT2D eigenvalue weighted by Crippen LogP contribution is 2.29. The number of ether oxygens (including phenoxy) is 1. The summed E-state index contributed by atoms with van der Waals surface area (Å²) in [6, 6.07) is 1.05. The van der Waals surface area contributed by atoms with Crippen LogP contribution in [-0.2, 0) is 9.53 Å². The van der Waals surface area contributed by atoms with Crippen LogP contribution in [0.3, 0.4) is 0 Å². The average molecular weight is 272 g/mol. The minimum absolute atomic E-state index is 0.507. The van der Waals surface area contributed by atoms with Gasteiger partial charge in [0.25, 0.3) is 5.56 Å².